The Hall–Kier alpha value is -1.49. The topological polar surface area (TPSA) is 113 Å². The molecule has 0 spiro atoms. The molecule has 1 aliphatic carbocycles. The van der Waals surface area contributed by atoms with E-state index in [1.54, 1.807) is 12.1 Å². The average molecular weight is 498 g/mol. The van der Waals surface area contributed by atoms with Gasteiger partial charge in [-0.25, -0.2) is 21.6 Å². The molecular weight excluding hydrogens is 462 g/mol. The van der Waals surface area contributed by atoms with Crippen molar-refractivity contribution in [2.45, 2.75) is 74.3 Å². The number of benzene rings is 1. The monoisotopic (exact) mass is 497 g/mol. The fourth-order valence-corrected chi connectivity index (χ4v) is 8.60. The van der Waals surface area contributed by atoms with Gasteiger partial charge in [-0.2, -0.15) is 0 Å². The Kier molecular flexibility index (Phi) is 7.47. The first-order chi connectivity index (χ1) is 15.7. The molecule has 1 saturated carbocycles. The largest absolute Gasteiger partial charge is 0.350 e. The van der Waals surface area contributed by atoms with Gasteiger partial charge in [-0.15, -0.1) is 0 Å². The highest BCUT2D eigenvalue weighted by Crippen LogP contribution is 2.35. The molecular formula is C23H35N3O5S2. The summed E-state index contributed by atoms with van der Waals surface area (Å²) in [5.41, 5.74) is 0.287. The van der Waals surface area contributed by atoms with Gasteiger partial charge in [0.05, 0.1) is 16.4 Å². The van der Waals surface area contributed by atoms with E-state index in [1.807, 2.05) is 0 Å². The average Bonchev–Trinajstić information content (AvgIpc) is 3.16. The van der Waals surface area contributed by atoms with Crippen molar-refractivity contribution in [3.8, 4) is 0 Å². The Morgan fingerprint density at radius 2 is 1.76 bits per heavy atom. The third kappa shape index (κ3) is 5.96. The van der Waals surface area contributed by atoms with Crippen molar-refractivity contribution >= 4 is 25.8 Å². The van der Waals surface area contributed by atoms with Crippen LogP contribution in [-0.2, 0) is 19.9 Å². The van der Waals surface area contributed by atoms with E-state index in [0.29, 0.717) is 12.1 Å². The van der Waals surface area contributed by atoms with Crippen LogP contribution in [0.15, 0.2) is 29.2 Å². The van der Waals surface area contributed by atoms with E-state index in [9.17, 15) is 21.6 Å². The van der Waals surface area contributed by atoms with E-state index in [0.717, 1.165) is 25.9 Å². The van der Waals surface area contributed by atoms with E-state index >= 15 is 0 Å². The first kappa shape index (κ1) is 24.6. The third-order valence-corrected chi connectivity index (χ3v) is 10.6. The number of likely N-dealkylation sites (tertiary alicyclic amines) is 1. The number of amides is 1. The third-order valence-electron chi connectivity index (χ3n) is 7.35. The van der Waals surface area contributed by atoms with Gasteiger partial charge in [0.15, 0.2) is 9.84 Å². The molecule has 2 aliphatic heterocycles. The standard InChI is InChI=1S/C23H35N3O5S2/c27-22(24-18-23(11-3-1-4-12-23)26-13-5-2-6-14-26)19-8-7-9-21(16-19)33(30,31)25-20-10-15-32(28,29)17-20/h7-9,16,20,25H,1-6,10-15,17-18H2,(H,24,27)/t20-/m1/s1. The number of sulfonamides is 1. The molecule has 4 rings (SSSR count). The lowest BCUT2D eigenvalue weighted by molar-refractivity contribution is 0.0326. The van der Waals surface area contributed by atoms with Gasteiger partial charge in [-0.3, -0.25) is 9.69 Å². The molecule has 1 atom stereocenters. The molecule has 0 aromatic heterocycles. The normalized spacial score (nSPS) is 25.5. The summed E-state index contributed by atoms with van der Waals surface area (Å²) in [6, 6.07) is 5.33. The second-order valence-corrected chi connectivity index (χ2v) is 13.7. The molecule has 2 heterocycles. The summed E-state index contributed by atoms with van der Waals surface area (Å²) < 4.78 is 51.4. The minimum atomic E-state index is -3.92. The summed E-state index contributed by atoms with van der Waals surface area (Å²) in [4.78, 5) is 15.5. The van der Waals surface area contributed by atoms with Crippen molar-refractivity contribution in [1.29, 1.82) is 0 Å². The maximum Gasteiger partial charge on any atom is 0.251 e. The number of carbonyl (C=O) groups excluding carboxylic acids is 1. The van der Waals surface area contributed by atoms with Crippen LogP contribution in [0.2, 0.25) is 0 Å². The highest BCUT2D eigenvalue weighted by molar-refractivity contribution is 7.92. The summed E-state index contributed by atoms with van der Waals surface area (Å²) in [7, 11) is -7.12. The zero-order valence-electron chi connectivity index (χ0n) is 19.1. The second kappa shape index (κ2) is 10.0. The van der Waals surface area contributed by atoms with Crippen LogP contribution in [0.3, 0.4) is 0 Å². The number of nitrogens with one attached hydrogen (secondary N) is 2. The molecule has 2 N–H and O–H groups in total. The van der Waals surface area contributed by atoms with Gasteiger partial charge in [0.1, 0.15) is 0 Å². The molecule has 0 unspecified atom stereocenters. The molecule has 3 aliphatic rings. The van der Waals surface area contributed by atoms with Gasteiger partial charge < -0.3 is 5.32 Å². The van der Waals surface area contributed by atoms with E-state index in [-0.39, 0.29) is 34.3 Å². The number of hydrogen-bond acceptors (Lipinski definition) is 6. The number of sulfone groups is 1. The van der Waals surface area contributed by atoms with Crippen molar-refractivity contribution < 1.29 is 21.6 Å². The maximum absolute atomic E-state index is 13.0. The van der Waals surface area contributed by atoms with Gasteiger partial charge in [-0.05, 0) is 63.4 Å². The van der Waals surface area contributed by atoms with Crippen molar-refractivity contribution in [2.24, 2.45) is 0 Å². The van der Waals surface area contributed by atoms with Gasteiger partial charge in [0, 0.05) is 23.7 Å². The lowest BCUT2D eigenvalue weighted by Gasteiger charge is -2.48. The second-order valence-electron chi connectivity index (χ2n) is 9.76. The minimum Gasteiger partial charge on any atom is -0.350 e. The highest BCUT2D eigenvalue weighted by atomic mass is 32.2. The number of rotatable bonds is 7. The van der Waals surface area contributed by atoms with Gasteiger partial charge in [-0.1, -0.05) is 31.7 Å². The fraction of sp³-hybridized carbons (Fsp3) is 0.696. The molecule has 1 aromatic carbocycles. The number of piperidine rings is 1. The number of nitrogens with zero attached hydrogens (tertiary/aromatic N) is 1. The fourth-order valence-electron chi connectivity index (χ4n) is 5.51. The summed E-state index contributed by atoms with van der Waals surface area (Å²) in [6.07, 6.45) is 9.66. The molecule has 0 bridgehead atoms. The van der Waals surface area contributed by atoms with Crippen LogP contribution in [0, 0.1) is 0 Å². The number of hydrogen-bond donors (Lipinski definition) is 2. The van der Waals surface area contributed by atoms with Crippen molar-refractivity contribution in [3.05, 3.63) is 29.8 Å². The maximum atomic E-state index is 13.0. The molecule has 1 amide bonds. The lowest BCUT2D eigenvalue weighted by Crippen LogP contribution is -2.58. The molecule has 3 fully saturated rings. The van der Waals surface area contributed by atoms with Crippen LogP contribution in [-0.4, -0.2) is 70.4 Å². The Labute approximate surface area is 197 Å². The SMILES string of the molecule is O=C(NCC1(N2CCCCC2)CCCCC1)c1cccc(S(=O)(=O)N[C@@H]2CCS(=O)(=O)C2)c1. The Morgan fingerprint density at radius 1 is 1.06 bits per heavy atom. The van der Waals surface area contributed by atoms with Gasteiger partial charge >= 0.3 is 0 Å². The van der Waals surface area contributed by atoms with E-state index in [2.05, 4.69) is 14.9 Å². The molecule has 8 nitrogen and oxygen atoms in total. The van der Waals surface area contributed by atoms with Gasteiger partial charge in [0.2, 0.25) is 10.0 Å². The molecule has 33 heavy (non-hydrogen) atoms. The summed E-state index contributed by atoms with van der Waals surface area (Å²) >= 11 is 0. The predicted octanol–water partition coefficient (Wildman–Crippen LogP) is 2.07. The molecule has 2 saturated heterocycles. The molecule has 184 valence electrons. The zero-order chi connectivity index (χ0) is 23.5. The highest BCUT2D eigenvalue weighted by Gasteiger charge is 2.38. The number of carbonyl (C=O) groups is 1. The lowest BCUT2D eigenvalue weighted by atomic mass is 9.79. The minimum absolute atomic E-state index is 0.00641. The van der Waals surface area contributed by atoms with Crippen LogP contribution in [0.1, 0.15) is 68.1 Å². The summed E-state index contributed by atoms with van der Waals surface area (Å²) in [5.74, 6) is -0.482. The van der Waals surface area contributed by atoms with Crippen LogP contribution in [0.5, 0.6) is 0 Å². The van der Waals surface area contributed by atoms with Gasteiger partial charge in [0.25, 0.3) is 5.91 Å². The predicted molar refractivity (Wildman–Crippen MR) is 127 cm³/mol. The van der Waals surface area contributed by atoms with Crippen LogP contribution < -0.4 is 10.0 Å². The quantitative estimate of drug-likeness (QED) is 0.596. The van der Waals surface area contributed by atoms with E-state index in [4.69, 9.17) is 0 Å². The first-order valence-corrected chi connectivity index (χ1v) is 15.4. The molecule has 0 radical (unpaired) electrons. The molecule has 1 aromatic rings. The smallest absolute Gasteiger partial charge is 0.251 e. The van der Waals surface area contributed by atoms with Crippen LogP contribution in [0.25, 0.3) is 0 Å². The Balaban J connectivity index is 1.43. The van der Waals surface area contributed by atoms with Crippen LogP contribution >= 0.6 is 0 Å². The van der Waals surface area contributed by atoms with Crippen LogP contribution in [0.4, 0.5) is 0 Å². The molecule has 10 heteroatoms. The van der Waals surface area contributed by atoms with E-state index < -0.39 is 25.9 Å². The van der Waals surface area contributed by atoms with E-state index in [1.165, 1.54) is 50.7 Å². The van der Waals surface area contributed by atoms with Crippen molar-refractivity contribution in [2.75, 3.05) is 31.1 Å². The summed E-state index contributed by atoms with van der Waals surface area (Å²) in [6.45, 7) is 2.72. The Bertz CT molecular complexity index is 1060. The Morgan fingerprint density at radius 3 is 2.42 bits per heavy atom. The summed E-state index contributed by atoms with van der Waals surface area (Å²) in [5, 5.41) is 3.09. The zero-order valence-corrected chi connectivity index (χ0v) is 20.7. The van der Waals surface area contributed by atoms with Crippen molar-refractivity contribution in [1.82, 2.24) is 14.9 Å². The van der Waals surface area contributed by atoms with Crippen molar-refractivity contribution in [3.63, 3.8) is 0 Å². The first-order valence-electron chi connectivity index (χ1n) is 12.1.